The highest BCUT2D eigenvalue weighted by Gasteiger charge is 2.10. The maximum Gasteiger partial charge on any atom is 0.308 e. The van der Waals surface area contributed by atoms with Gasteiger partial charge in [0.1, 0.15) is 0 Å². The average Bonchev–Trinajstić information content (AvgIpc) is 1.99. The lowest BCUT2D eigenvalue weighted by molar-refractivity contribution is -0.144. The Kier molecular flexibility index (Phi) is 4.88. The van der Waals surface area contributed by atoms with Crippen LogP contribution in [0.2, 0.25) is 0 Å². The maximum absolute atomic E-state index is 10.6. The lowest BCUT2D eigenvalue weighted by Gasteiger charge is -2.08. The van der Waals surface area contributed by atoms with Crippen LogP contribution in [0.1, 0.15) is 19.8 Å². The largest absolute Gasteiger partial charge is 0.469 e. The van der Waals surface area contributed by atoms with Crippen molar-refractivity contribution in [2.45, 2.75) is 25.9 Å². The van der Waals surface area contributed by atoms with Crippen molar-refractivity contribution in [3.05, 3.63) is 0 Å². The molecule has 0 rings (SSSR count). The molecule has 0 aliphatic heterocycles. The molecule has 0 saturated heterocycles. The van der Waals surface area contributed by atoms with Crippen LogP contribution in [-0.2, 0) is 14.4 Å². The van der Waals surface area contributed by atoms with Crippen molar-refractivity contribution >= 4 is 5.97 Å². The highest BCUT2D eigenvalue weighted by molar-refractivity contribution is 5.69. The molecular formula is C6H13NO3. The van der Waals surface area contributed by atoms with E-state index >= 15 is 0 Å². The smallest absolute Gasteiger partial charge is 0.308 e. The number of hydrogen-bond donors (Lipinski definition) is 1. The van der Waals surface area contributed by atoms with Gasteiger partial charge in [0.15, 0.2) is 0 Å². The van der Waals surface area contributed by atoms with Crippen molar-refractivity contribution < 1.29 is 14.4 Å². The molecule has 0 aliphatic rings. The molecule has 4 nitrogen and oxygen atoms in total. The minimum atomic E-state index is -0.294. The monoisotopic (exact) mass is 147 g/mol. The van der Waals surface area contributed by atoms with E-state index < -0.39 is 0 Å². The van der Waals surface area contributed by atoms with E-state index in [2.05, 4.69) is 9.57 Å². The van der Waals surface area contributed by atoms with E-state index in [4.69, 9.17) is 5.90 Å². The molecule has 2 N–H and O–H groups in total. The van der Waals surface area contributed by atoms with Gasteiger partial charge < -0.3 is 9.57 Å². The SMILES string of the molecule is CCC(CC(=O)OC)ON. The van der Waals surface area contributed by atoms with Crippen molar-refractivity contribution in [1.29, 1.82) is 0 Å². The van der Waals surface area contributed by atoms with Crippen molar-refractivity contribution in [2.75, 3.05) is 7.11 Å². The maximum atomic E-state index is 10.6. The Hall–Kier alpha value is -0.610. The number of hydrogen-bond acceptors (Lipinski definition) is 4. The molecule has 0 spiro atoms. The van der Waals surface area contributed by atoms with Crippen LogP contribution in [0.25, 0.3) is 0 Å². The third kappa shape index (κ3) is 3.42. The summed E-state index contributed by atoms with van der Waals surface area (Å²) in [5, 5.41) is 0. The van der Waals surface area contributed by atoms with Crippen molar-refractivity contribution in [3.8, 4) is 0 Å². The molecule has 60 valence electrons. The second kappa shape index (κ2) is 5.20. The van der Waals surface area contributed by atoms with E-state index in [1.54, 1.807) is 0 Å². The Morgan fingerprint density at radius 3 is 2.60 bits per heavy atom. The van der Waals surface area contributed by atoms with Gasteiger partial charge in [-0.15, -0.1) is 0 Å². The van der Waals surface area contributed by atoms with Gasteiger partial charge in [-0.3, -0.25) is 4.79 Å². The molecule has 10 heavy (non-hydrogen) atoms. The summed E-state index contributed by atoms with van der Waals surface area (Å²) in [5.74, 6) is 4.58. The van der Waals surface area contributed by atoms with E-state index in [0.717, 1.165) is 0 Å². The van der Waals surface area contributed by atoms with Crippen LogP contribution < -0.4 is 5.90 Å². The van der Waals surface area contributed by atoms with E-state index in [-0.39, 0.29) is 18.5 Å². The van der Waals surface area contributed by atoms with Crippen LogP contribution >= 0.6 is 0 Å². The molecule has 0 fully saturated rings. The number of methoxy groups -OCH3 is 1. The third-order valence-electron chi connectivity index (χ3n) is 1.27. The zero-order valence-corrected chi connectivity index (χ0v) is 6.29. The molecule has 0 amide bonds. The normalized spacial score (nSPS) is 12.7. The van der Waals surface area contributed by atoms with Crippen LogP contribution in [0.3, 0.4) is 0 Å². The van der Waals surface area contributed by atoms with E-state index in [0.29, 0.717) is 6.42 Å². The first-order chi connectivity index (χ1) is 4.74. The fourth-order valence-corrected chi connectivity index (χ4v) is 0.558. The quantitative estimate of drug-likeness (QED) is 0.456. The second-order valence-electron chi connectivity index (χ2n) is 1.95. The zero-order valence-electron chi connectivity index (χ0n) is 6.29. The standard InChI is InChI=1S/C6H13NO3/c1-3-5(10-7)4-6(8)9-2/h5H,3-4,7H2,1-2H3. The number of ether oxygens (including phenoxy) is 1. The predicted molar refractivity (Wildman–Crippen MR) is 36.0 cm³/mol. The lowest BCUT2D eigenvalue weighted by Crippen LogP contribution is -2.20. The van der Waals surface area contributed by atoms with E-state index in [1.807, 2.05) is 6.92 Å². The molecule has 0 saturated carbocycles. The number of rotatable bonds is 4. The van der Waals surface area contributed by atoms with Gasteiger partial charge in [0.05, 0.1) is 19.6 Å². The molecular weight excluding hydrogens is 134 g/mol. The van der Waals surface area contributed by atoms with Gasteiger partial charge in [0.25, 0.3) is 0 Å². The highest BCUT2D eigenvalue weighted by Crippen LogP contribution is 2.00. The molecule has 1 atom stereocenters. The van der Waals surface area contributed by atoms with Crippen molar-refractivity contribution in [1.82, 2.24) is 0 Å². The first kappa shape index (κ1) is 9.39. The van der Waals surface area contributed by atoms with Gasteiger partial charge in [0.2, 0.25) is 0 Å². The van der Waals surface area contributed by atoms with Gasteiger partial charge in [-0.2, -0.15) is 0 Å². The van der Waals surface area contributed by atoms with Crippen LogP contribution in [-0.4, -0.2) is 19.2 Å². The van der Waals surface area contributed by atoms with Crippen LogP contribution in [0.15, 0.2) is 0 Å². The molecule has 0 aliphatic carbocycles. The average molecular weight is 147 g/mol. The van der Waals surface area contributed by atoms with E-state index in [9.17, 15) is 4.79 Å². The molecule has 0 aromatic rings. The first-order valence-electron chi connectivity index (χ1n) is 3.17. The number of nitrogens with two attached hydrogens (primary N) is 1. The van der Waals surface area contributed by atoms with Gasteiger partial charge in [-0.25, -0.2) is 5.90 Å². The Labute approximate surface area is 60.2 Å². The minimum absolute atomic E-state index is 0.215. The van der Waals surface area contributed by atoms with Gasteiger partial charge in [-0.05, 0) is 6.42 Å². The second-order valence-corrected chi connectivity index (χ2v) is 1.95. The molecule has 0 aromatic heterocycles. The fourth-order valence-electron chi connectivity index (χ4n) is 0.558. The molecule has 1 unspecified atom stereocenters. The summed E-state index contributed by atoms with van der Waals surface area (Å²) < 4.78 is 4.41. The van der Waals surface area contributed by atoms with Crippen LogP contribution in [0.5, 0.6) is 0 Å². The lowest BCUT2D eigenvalue weighted by atomic mass is 10.2. The summed E-state index contributed by atoms with van der Waals surface area (Å²) in [6.07, 6.45) is 0.724. The Balaban J connectivity index is 3.52. The summed E-state index contributed by atoms with van der Waals surface area (Å²) in [6.45, 7) is 1.89. The summed E-state index contributed by atoms with van der Waals surface area (Å²) in [6, 6.07) is 0. The van der Waals surface area contributed by atoms with Crippen molar-refractivity contribution in [3.63, 3.8) is 0 Å². The predicted octanol–water partition coefficient (Wildman–Crippen LogP) is 0.218. The number of carbonyl (C=O) groups excluding carboxylic acids is 1. The molecule has 0 heterocycles. The molecule has 0 aromatic carbocycles. The zero-order chi connectivity index (χ0) is 7.98. The Morgan fingerprint density at radius 2 is 2.30 bits per heavy atom. The third-order valence-corrected chi connectivity index (χ3v) is 1.27. The van der Waals surface area contributed by atoms with E-state index in [1.165, 1.54) is 7.11 Å². The highest BCUT2D eigenvalue weighted by atomic mass is 16.6. The fraction of sp³-hybridized carbons (Fsp3) is 0.833. The molecule has 0 bridgehead atoms. The number of carbonyl (C=O) groups is 1. The number of esters is 1. The summed E-state index contributed by atoms with van der Waals surface area (Å²) in [4.78, 5) is 15.1. The topological polar surface area (TPSA) is 61.5 Å². The Morgan fingerprint density at radius 1 is 1.70 bits per heavy atom. The molecule has 0 radical (unpaired) electrons. The minimum Gasteiger partial charge on any atom is -0.469 e. The van der Waals surface area contributed by atoms with Gasteiger partial charge in [-0.1, -0.05) is 6.92 Å². The summed E-state index contributed by atoms with van der Waals surface area (Å²) in [5.41, 5.74) is 0. The first-order valence-corrected chi connectivity index (χ1v) is 3.17. The molecule has 4 heteroatoms. The van der Waals surface area contributed by atoms with Crippen LogP contribution in [0, 0.1) is 0 Å². The van der Waals surface area contributed by atoms with Crippen molar-refractivity contribution in [2.24, 2.45) is 5.90 Å². The van der Waals surface area contributed by atoms with Gasteiger partial charge in [0, 0.05) is 0 Å². The van der Waals surface area contributed by atoms with Crippen LogP contribution in [0.4, 0.5) is 0 Å². The Bertz CT molecular complexity index is 101. The summed E-state index contributed by atoms with van der Waals surface area (Å²) in [7, 11) is 1.34. The van der Waals surface area contributed by atoms with Gasteiger partial charge >= 0.3 is 5.97 Å². The summed E-state index contributed by atoms with van der Waals surface area (Å²) >= 11 is 0.